The molecule has 1 aliphatic rings. The first-order valence-electron chi connectivity index (χ1n) is 7.64. The van der Waals surface area contributed by atoms with Crippen LogP contribution in [0.15, 0.2) is 24.3 Å². The van der Waals surface area contributed by atoms with Crippen molar-refractivity contribution in [3.05, 3.63) is 35.4 Å². The van der Waals surface area contributed by atoms with Gasteiger partial charge in [0.1, 0.15) is 0 Å². The largest absolute Gasteiger partial charge is 0.345 e. The maximum absolute atomic E-state index is 12.6. The van der Waals surface area contributed by atoms with Gasteiger partial charge in [0.15, 0.2) is 5.78 Å². The number of carbonyl (C=O) groups is 2. The highest BCUT2D eigenvalue weighted by atomic mass is 16.2. The van der Waals surface area contributed by atoms with Gasteiger partial charge in [-0.1, -0.05) is 31.2 Å². The SMILES string of the molecule is CCc1ccc(C(=O)C(C)N2CCCN(C)C(=O)C2)cc1. The Bertz CT molecular complexity index is 510. The lowest BCUT2D eigenvalue weighted by Crippen LogP contribution is -2.43. The Kier molecular flexibility index (Phi) is 5.12. The van der Waals surface area contributed by atoms with E-state index in [0.717, 1.165) is 31.5 Å². The molecule has 1 fully saturated rings. The van der Waals surface area contributed by atoms with E-state index in [2.05, 4.69) is 6.92 Å². The van der Waals surface area contributed by atoms with E-state index in [4.69, 9.17) is 0 Å². The number of carbonyl (C=O) groups excluding carboxylic acids is 2. The number of benzene rings is 1. The Hall–Kier alpha value is -1.68. The number of aryl methyl sites for hydroxylation is 1. The highest BCUT2D eigenvalue weighted by Gasteiger charge is 2.27. The summed E-state index contributed by atoms with van der Waals surface area (Å²) in [6, 6.07) is 7.53. The van der Waals surface area contributed by atoms with Crippen LogP contribution < -0.4 is 0 Å². The second-order valence-electron chi connectivity index (χ2n) is 5.73. The van der Waals surface area contributed by atoms with Gasteiger partial charge in [-0.15, -0.1) is 0 Å². The number of amides is 1. The quantitative estimate of drug-likeness (QED) is 0.796. The predicted octanol–water partition coefficient (Wildman–Crippen LogP) is 1.98. The fourth-order valence-corrected chi connectivity index (χ4v) is 2.65. The molecular formula is C17H24N2O2. The molecule has 1 unspecified atom stereocenters. The topological polar surface area (TPSA) is 40.6 Å². The van der Waals surface area contributed by atoms with Gasteiger partial charge in [0, 0.05) is 25.7 Å². The van der Waals surface area contributed by atoms with E-state index >= 15 is 0 Å². The zero-order chi connectivity index (χ0) is 15.4. The summed E-state index contributed by atoms with van der Waals surface area (Å²) in [5.41, 5.74) is 1.95. The molecule has 1 atom stereocenters. The molecule has 0 aliphatic carbocycles. The van der Waals surface area contributed by atoms with Gasteiger partial charge >= 0.3 is 0 Å². The van der Waals surface area contributed by atoms with Crippen molar-refractivity contribution in [2.45, 2.75) is 32.7 Å². The summed E-state index contributed by atoms with van der Waals surface area (Å²) in [5, 5.41) is 0. The minimum absolute atomic E-state index is 0.0912. The van der Waals surface area contributed by atoms with Crippen molar-refractivity contribution in [1.82, 2.24) is 9.80 Å². The number of ketones is 1. The smallest absolute Gasteiger partial charge is 0.236 e. The van der Waals surface area contributed by atoms with Crippen molar-refractivity contribution in [3.8, 4) is 0 Å². The van der Waals surface area contributed by atoms with E-state index in [-0.39, 0.29) is 17.7 Å². The Labute approximate surface area is 126 Å². The molecule has 1 aromatic rings. The highest BCUT2D eigenvalue weighted by molar-refractivity contribution is 6.00. The van der Waals surface area contributed by atoms with Crippen molar-refractivity contribution in [3.63, 3.8) is 0 Å². The number of nitrogens with zero attached hydrogens (tertiary/aromatic N) is 2. The number of hydrogen-bond acceptors (Lipinski definition) is 3. The van der Waals surface area contributed by atoms with Gasteiger partial charge in [0.05, 0.1) is 12.6 Å². The molecule has 0 radical (unpaired) electrons. The van der Waals surface area contributed by atoms with Crippen molar-refractivity contribution in [1.29, 1.82) is 0 Å². The molecular weight excluding hydrogens is 264 g/mol. The average Bonchev–Trinajstić information content (AvgIpc) is 2.68. The molecule has 1 saturated heterocycles. The lowest BCUT2D eigenvalue weighted by Gasteiger charge is -2.25. The summed E-state index contributed by atoms with van der Waals surface area (Å²) in [6.45, 7) is 5.88. The molecule has 4 heteroatoms. The van der Waals surface area contributed by atoms with Crippen LogP contribution in [0, 0.1) is 0 Å². The van der Waals surface area contributed by atoms with Crippen LogP contribution >= 0.6 is 0 Å². The first-order chi connectivity index (χ1) is 10.0. The van der Waals surface area contributed by atoms with Gasteiger partial charge in [0.25, 0.3) is 0 Å². The van der Waals surface area contributed by atoms with Gasteiger partial charge in [0.2, 0.25) is 5.91 Å². The van der Waals surface area contributed by atoms with Crippen LogP contribution in [0.1, 0.15) is 36.2 Å². The monoisotopic (exact) mass is 288 g/mol. The van der Waals surface area contributed by atoms with Crippen LogP contribution in [0.25, 0.3) is 0 Å². The molecule has 1 amide bonds. The van der Waals surface area contributed by atoms with Crippen LogP contribution in [0.2, 0.25) is 0 Å². The average molecular weight is 288 g/mol. The van der Waals surface area contributed by atoms with E-state index in [1.807, 2.05) is 43.1 Å². The van der Waals surface area contributed by atoms with E-state index in [1.165, 1.54) is 5.56 Å². The van der Waals surface area contributed by atoms with Gasteiger partial charge in [-0.25, -0.2) is 0 Å². The lowest BCUT2D eigenvalue weighted by molar-refractivity contribution is -0.130. The number of Topliss-reactive ketones (excluding diaryl/α,β-unsaturated/α-hetero) is 1. The molecule has 0 saturated carbocycles. The lowest BCUT2D eigenvalue weighted by atomic mass is 10.0. The second-order valence-corrected chi connectivity index (χ2v) is 5.73. The molecule has 2 rings (SSSR count). The van der Waals surface area contributed by atoms with E-state index in [0.29, 0.717) is 6.54 Å². The van der Waals surface area contributed by atoms with Crippen LogP contribution in [0.4, 0.5) is 0 Å². The van der Waals surface area contributed by atoms with Gasteiger partial charge in [-0.2, -0.15) is 0 Å². The zero-order valence-corrected chi connectivity index (χ0v) is 13.1. The Morgan fingerprint density at radius 2 is 1.90 bits per heavy atom. The fraction of sp³-hybridized carbons (Fsp3) is 0.529. The molecule has 1 aromatic carbocycles. The molecule has 1 heterocycles. The minimum Gasteiger partial charge on any atom is -0.345 e. The molecule has 114 valence electrons. The third-order valence-electron chi connectivity index (χ3n) is 4.28. The zero-order valence-electron chi connectivity index (χ0n) is 13.1. The van der Waals surface area contributed by atoms with E-state index in [1.54, 1.807) is 4.90 Å². The van der Waals surface area contributed by atoms with Gasteiger partial charge in [-0.3, -0.25) is 14.5 Å². The van der Waals surface area contributed by atoms with Gasteiger partial charge < -0.3 is 4.90 Å². The van der Waals surface area contributed by atoms with Crippen molar-refractivity contribution in [2.75, 3.05) is 26.7 Å². The highest BCUT2D eigenvalue weighted by Crippen LogP contribution is 2.13. The second kappa shape index (κ2) is 6.85. The normalized spacial score (nSPS) is 18.4. The van der Waals surface area contributed by atoms with Crippen molar-refractivity contribution >= 4 is 11.7 Å². The van der Waals surface area contributed by atoms with Crippen LogP contribution in [0.5, 0.6) is 0 Å². The van der Waals surface area contributed by atoms with E-state index in [9.17, 15) is 9.59 Å². The summed E-state index contributed by atoms with van der Waals surface area (Å²) >= 11 is 0. The van der Waals surface area contributed by atoms with Crippen molar-refractivity contribution in [2.24, 2.45) is 0 Å². The third-order valence-corrected chi connectivity index (χ3v) is 4.28. The van der Waals surface area contributed by atoms with Crippen LogP contribution in [0.3, 0.4) is 0 Å². The summed E-state index contributed by atoms with van der Waals surface area (Å²) in [4.78, 5) is 28.3. The molecule has 21 heavy (non-hydrogen) atoms. The number of likely N-dealkylation sites (N-methyl/N-ethyl adjacent to an activating group) is 1. The molecule has 0 bridgehead atoms. The van der Waals surface area contributed by atoms with Crippen LogP contribution in [-0.4, -0.2) is 54.2 Å². The predicted molar refractivity (Wildman–Crippen MR) is 83.4 cm³/mol. The summed E-state index contributed by atoms with van der Waals surface area (Å²) in [7, 11) is 1.82. The minimum atomic E-state index is -0.257. The first kappa shape index (κ1) is 15.7. The standard InChI is InChI=1S/C17H24N2O2/c1-4-14-6-8-15(9-7-14)17(21)13(2)19-11-5-10-18(3)16(20)12-19/h6-9,13H,4-5,10-12H2,1-3H3. The molecule has 0 spiro atoms. The number of rotatable bonds is 4. The Morgan fingerprint density at radius 3 is 2.52 bits per heavy atom. The maximum atomic E-state index is 12.6. The molecule has 4 nitrogen and oxygen atoms in total. The first-order valence-corrected chi connectivity index (χ1v) is 7.64. The molecule has 0 aromatic heterocycles. The van der Waals surface area contributed by atoms with Crippen molar-refractivity contribution < 1.29 is 9.59 Å². The summed E-state index contributed by atoms with van der Waals surface area (Å²) in [5.74, 6) is 0.184. The summed E-state index contributed by atoms with van der Waals surface area (Å²) in [6.07, 6.45) is 1.88. The fourth-order valence-electron chi connectivity index (χ4n) is 2.65. The molecule has 1 aliphatic heterocycles. The Balaban J connectivity index is 2.08. The van der Waals surface area contributed by atoms with E-state index < -0.39 is 0 Å². The number of hydrogen-bond donors (Lipinski definition) is 0. The summed E-state index contributed by atoms with van der Waals surface area (Å²) < 4.78 is 0. The maximum Gasteiger partial charge on any atom is 0.236 e. The van der Waals surface area contributed by atoms with Crippen LogP contribution in [-0.2, 0) is 11.2 Å². The Morgan fingerprint density at radius 1 is 1.24 bits per heavy atom. The van der Waals surface area contributed by atoms with Gasteiger partial charge in [-0.05, 0) is 25.3 Å². The molecule has 0 N–H and O–H groups in total. The third kappa shape index (κ3) is 3.70.